The number of piperidine rings is 1. The van der Waals surface area contributed by atoms with E-state index in [1.807, 2.05) is 18.2 Å². The van der Waals surface area contributed by atoms with E-state index in [0.717, 1.165) is 29.7 Å². The predicted octanol–water partition coefficient (Wildman–Crippen LogP) is 1.60. The van der Waals surface area contributed by atoms with Crippen LogP contribution in [0.25, 0.3) is 0 Å². The summed E-state index contributed by atoms with van der Waals surface area (Å²) in [6.07, 6.45) is 8.01. The van der Waals surface area contributed by atoms with Crippen LogP contribution in [-0.4, -0.2) is 46.8 Å². The number of imide groups is 1. The average Bonchev–Trinajstić information content (AvgIpc) is 3.22. The van der Waals surface area contributed by atoms with Crippen LogP contribution in [0.5, 0.6) is 0 Å². The molecule has 0 radical (unpaired) electrons. The second-order valence-corrected chi connectivity index (χ2v) is 9.22. The number of hydrogen-bond acceptors (Lipinski definition) is 5. The standard InChI is InChI=1S/C23H30N4O3/c28-19-9-8-17(21(29)26-19)27-14-16-6-4-5-15(20(16)22(27)30)13-25-23-10-3-1-2-7-18(23)24-12-11-23/h4-6,17-18,24-25H,1-3,7-14H2,(H,26,28,29). The van der Waals surface area contributed by atoms with Gasteiger partial charge in [-0.25, -0.2) is 0 Å². The summed E-state index contributed by atoms with van der Waals surface area (Å²) in [7, 11) is 0. The normalized spacial score (nSPS) is 31.3. The van der Waals surface area contributed by atoms with Crippen LogP contribution < -0.4 is 16.0 Å². The average molecular weight is 411 g/mol. The van der Waals surface area contributed by atoms with Crippen LogP contribution in [0.3, 0.4) is 0 Å². The molecule has 7 nitrogen and oxygen atoms in total. The van der Waals surface area contributed by atoms with Crippen molar-refractivity contribution in [3.8, 4) is 0 Å². The Bertz CT molecular complexity index is 885. The molecular formula is C23H30N4O3. The zero-order chi connectivity index (χ0) is 20.7. The number of nitrogens with zero attached hydrogens (tertiary/aromatic N) is 1. The van der Waals surface area contributed by atoms with Gasteiger partial charge in [-0.3, -0.25) is 19.7 Å². The third-order valence-corrected chi connectivity index (χ3v) is 7.51. The lowest BCUT2D eigenvalue weighted by molar-refractivity contribution is -0.136. The molecule has 3 amide bonds. The Morgan fingerprint density at radius 2 is 2.00 bits per heavy atom. The highest BCUT2D eigenvalue weighted by Gasteiger charge is 2.43. The van der Waals surface area contributed by atoms with Gasteiger partial charge in [0.1, 0.15) is 6.04 Å². The molecule has 1 saturated carbocycles. The molecule has 2 saturated heterocycles. The maximum Gasteiger partial charge on any atom is 0.255 e. The lowest BCUT2D eigenvalue weighted by Crippen LogP contribution is -2.53. The zero-order valence-corrected chi connectivity index (χ0v) is 17.3. The highest BCUT2D eigenvalue weighted by atomic mass is 16.2. The predicted molar refractivity (Wildman–Crippen MR) is 112 cm³/mol. The minimum atomic E-state index is -0.563. The first-order valence-corrected chi connectivity index (χ1v) is 11.3. The van der Waals surface area contributed by atoms with Crippen LogP contribution in [0.1, 0.15) is 72.9 Å². The lowest BCUT2D eigenvalue weighted by Gasteiger charge is -2.35. The molecule has 30 heavy (non-hydrogen) atoms. The second kappa shape index (κ2) is 7.78. The molecule has 0 bridgehead atoms. The Morgan fingerprint density at radius 1 is 1.10 bits per heavy atom. The molecule has 3 aliphatic heterocycles. The summed E-state index contributed by atoms with van der Waals surface area (Å²) in [6, 6.07) is 5.96. The second-order valence-electron chi connectivity index (χ2n) is 9.22. The number of nitrogens with one attached hydrogen (secondary N) is 3. The molecule has 4 aliphatic rings. The van der Waals surface area contributed by atoms with Gasteiger partial charge in [0.05, 0.1) is 0 Å². The van der Waals surface area contributed by atoms with E-state index in [1.54, 1.807) is 4.90 Å². The molecule has 3 N–H and O–H groups in total. The fourth-order valence-electron chi connectivity index (χ4n) is 5.89. The fraction of sp³-hybridized carbons (Fsp3) is 0.609. The molecule has 5 rings (SSSR count). The van der Waals surface area contributed by atoms with Crippen LogP contribution in [0.2, 0.25) is 0 Å². The Morgan fingerprint density at radius 3 is 2.87 bits per heavy atom. The first-order chi connectivity index (χ1) is 14.6. The summed E-state index contributed by atoms with van der Waals surface area (Å²) in [5.41, 5.74) is 2.84. The molecule has 7 heteroatoms. The minimum absolute atomic E-state index is 0.0867. The van der Waals surface area contributed by atoms with Crippen molar-refractivity contribution in [3.63, 3.8) is 0 Å². The van der Waals surface area contributed by atoms with E-state index in [2.05, 4.69) is 16.0 Å². The third-order valence-electron chi connectivity index (χ3n) is 7.51. The number of benzene rings is 1. The van der Waals surface area contributed by atoms with Crippen molar-refractivity contribution in [3.05, 3.63) is 34.9 Å². The summed E-state index contributed by atoms with van der Waals surface area (Å²) in [5.74, 6) is -0.701. The van der Waals surface area contributed by atoms with Crippen molar-refractivity contribution in [2.45, 2.75) is 82.1 Å². The van der Waals surface area contributed by atoms with Crippen molar-refractivity contribution in [2.24, 2.45) is 0 Å². The van der Waals surface area contributed by atoms with Gasteiger partial charge >= 0.3 is 0 Å². The molecule has 1 aromatic carbocycles. The van der Waals surface area contributed by atoms with Crippen molar-refractivity contribution >= 4 is 17.7 Å². The summed E-state index contributed by atoms with van der Waals surface area (Å²) in [4.78, 5) is 38.7. The zero-order valence-electron chi connectivity index (χ0n) is 17.3. The molecular weight excluding hydrogens is 380 g/mol. The van der Waals surface area contributed by atoms with E-state index in [9.17, 15) is 14.4 Å². The Labute approximate surface area is 177 Å². The SMILES string of the molecule is O=C1CCC(N2Cc3cccc(CNC45CCCCCC4NCC5)c3C2=O)C(=O)N1. The van der Waals surface area contributed by atoms with Crippen LogP contribution in [0.4, 0.5) is 0 Å². The van der Waals surface area contributed by atoms with Gasteiger partial charge in [0.25, 0.3) is 5.91 Å². The molecule has 0 aromatic heterocycles. The van der Waals surface area contributed by atoms with Gasteiger partial charge in [-0.05, 0) is 43.4 Å². The first-order valence-electron chi connectivity index (χ1n) is 11.3. The monoisotopic (exact) mass is 410 g/mol. The van der Waals surface area contributed by atoms with Gasteiger partial charge in [-0.2, -0.15) is 0 Å². The van der Waals surface area contributed by atoms with E-state index >= 15 is 0 Å². The number of carbonyl (C=O) groups excluding carboxylic acids is 3. The third kappa shape index (κ3) is 3.34. The number of hydrogen-bond donors (Lipinski definition) is 3. The fourth-order valence-corrected chi connectivity index (χ4v) is 5.89. The smallest absolute Gasteiger partial charge is 0.255 e. The summed E-state index contributed by atoms with van der Waals surface area (Å²) in [6.45, 7) is 2.15. The van der Waals surface area contributed by atoms with Crippen LogP contribution in [-0.2, 0) is 22.7 Å². The van der Waals surface area contributed by atoms with E-state index in [4.69, 9.17) is 0 Å². The van der Waals surface area contributed by atoms with Crippen LogP contribution >= 0.6 is 0 Å². The van der Waals surface area contributed by atoms with Crippen LogP contribution in [0, 0.1) is 0 Å². The van der Waals surface area contributed by atoms with Gasteiger partial charge in [-0.15, -0.1) is 0 Å². The van der Waals surface area contributed by atoms with Crippen molar-refractivity contribution in [1.82, 2.24) is 20.9 Å². The van der Waals surface area contributed by atoms with Gasteiger partial charge in [0, 0.05) is 36.7 Å². The molecule has 3 fully saturated rings. The molecule has 160 valence electrons. The van der Waals surface area contributed by atoms with Gasteiger partial charge < -0.3 is 15.5 Å². The molecule has 3 unspecified atom stereocenters. The lowest BCUT2D eigenvalue weighted by atomic mass is 9.85. The molecule has 1 aliphatic carbocycles. The Balaban J connectivity index is 1.35. The molecule has 0 spiro atoms. The Kier molecular flexibility index (Phi) is 5.11. The van der Waals surface area contributed by atoms with E-state index in [-0.39, 0.29) is 29.7 Å². The minimum Gasteiger partial charge on any atom is -0.322 e. The number of carbonyl (C=O) groups is 3. The number of amides is 3. The Hall–Kier alpha value is -2.25. The number of rotatable bonds is 4. The topological polar surface area (TPSA) is 90.5 Å². The van der Waals surface area contributed by atoms with E-state index in [0.29, 0.717) is 25.6 Å². The molecule has 3 atom stereocenters. The quantitative estimate of drug-likeness (QED) is 0.656. The van der Waals surface area contributed by atoms with Crippen molar-refractivity contribution in [1.29, 1.82) is 0 Å². The van der Waals surface area contributed by atoms with Crippen molar-refractivity contribution in [2.75, 3.05) is 6.54 Å². The summed E-state index contributed by atoms with van der Waals surface area (Å²) >= 11 is 0. The summed E-state index contributed by atoms with van der Waals surface area (Å²) in [5, 5.41) is 9.92. The van der Waals surface area contributed by atoms with Gasteiger partial charge in [-0.1, -0.05) is 37.5 Å². The maximum absolute atomic E-state index is 13.3. The van der Waals surface area contributed by atoms with E-state index < -0.39 is 6.04 Å². The molecule has 3 heterocycles. The highest BCUT2D eigenvalue weighted by molar-refractivity contribution is 6.05. The van der Waals surface area contributed by atoms with Gasteiger partial charge in [0.15, 0.2) is 0 Å². The maximum atomic E-state index is 13.3. The van der Waals surface area contributed by atoms with Crippen molar-refractivity contribution < 1.29 is 14.4 Å². The summed E-state index contributed by atoms with van der Waals surface area (Å²) < 4.78 is 0. The van der Waals surface area contributed by atoms with Gasteiger partial charge in [0.2, 0.25) is 11.8 Å². The first kappa shape index (κ1) is 19.7. The largest absolute Gasteiger partial charge is 0.322 e. The number of fused-ring (bicyclic) bond motifs is 2. The highest BCUT2D eigenvalue weighted by Crippen LogP contribution is 2.35. The van der Waals surface area contributed by atoms with Crippen LogP contribution in [0.15, 0.2) is 18.2 Å². The molecule has 1 aromatic rings. The van der Waals surface area contributed by atoms with E-state index in [1.165, 1.54) is 32.1 Å².